The van der Waals surface area contributed by atoms with E-state index in [1.165, 1.54) is 25.7 Å². The lowest BCUT2D eigenvalue weighted by atomic mass is 9.78. The first-order valence-electron chi connectivity index (χ1n) is 9.97. The maximum absolute atomic E-state index is 13.5. The van der Waals surface area contributed by atoms with Gasteiger partial charge in [-0.25, -0.2) is 8.78 Å². The van der Waals surface area contributed by atoms with Crippen LogP contribution in [0.1, 0.15) is 76.7 Å². The molecule has 0 saturated heterocycles. The molecule has 0 aromatic heterocycles. The molecule has 28 heavy (non-hydrogen) atoms. The van der Waals surface area contributed by atoms with Gasteiger partial charge in [0, 0.05) is 18.6 Å². The molecule has 1 aliphatic rings. The molecule has 0 bridgehead atoms. The van der Waals surface area contributed by atoms with E-state index in [9.17, 15) is 26.7 Å². The van der Waals surface area contributed by atoms with E-state index in [0.29, 0.717) is 24.5 Å². The van der Waals surface area contributed by atoms with Crippen molar-refractivity contribution in [2.75, 3.05) is 0 Å². The number of carbonyl (C=O) groups is 1. The molecule has 1 saturated carbocycles. The van der Waals surface area contributed by atoms with Gasteiger partial charge in [0.25, 0.3) is 0 Å². The first-order chi connectivity index (χ1) is 13.2. The largest absolute Gasteiger partial charge is 0.426 e. The van der Waals surface area contributed by atoms with Crippen LogP contribution in [0.4, 0.5) is 22.0 Å². The molecule has 0 amide bonds. The Hall–Kier alpha value is -1.66. The third kappa shape index (κ3) is 6.74. The number of hydrogen-bond donors (Lipinski definition) is 0. The first-order valence-corrected chi connectivity index (χ1v) is 9.97. The van der Waals surface area contributed by atoms with Crippen LogP contribution in [0, 0.1) is 23.5 Å². The highest BCUT2D eigenvalue weighted by Gasteiger charge is 2.38. The van der Waals surface area contributed by atoms with Gasteiger partial charge in [0.15, 0.2) is 0 Å². The van der Waals surface area contributed by atoms with Gasteiger partial charge in [0.05, 0.1) is 0 Å². The lowest BCUT2D eigenvalue weighted by molar-refractivity contribution is -0.142. The smallest absolute Gasteiger partial charge is 0.422 e. The average Bonchev–Trinajstić information content (AvgIpc) is 2.59. The molecule has 2 nitrogen and oxygen atoms in total. The summed E-state index contributed by atoms with van der Waals surface area (Å²) in [4.78, 5) is 11.9. The second-order valence-corrected chi connectivity index (χ2v) is 7.65. The highest BCUT2D eigenvalue weighted by Crippen LogP contribution is 2.36. The van der Waals surface area contributed by atoms with Crippen molar-refractivity contribution in [2.24, 2.45) is 11.8 Å². The predicted molar refractivity (Wildman–Crippen MR) is 95.8 cm³/mol. The lowest BCUT2D eigenvalue weighted by Gasteiger charge is -2.28. The molecule has 0 aliphatic heterocycles. The third-order valence-electron chi connectivity index (χ3n) is 5.47. The third-order valence-corrected chi connectivity index (χ3v) is 5.47. The molecule has 0 atom stereocenters. The minimum atomic E-state index is -5.15. The zero-order valence-electron chi connectivity index (χ0n) is 16.1. The maximum atomic E-state index is 13.5. The number of halogens is 5. The molecule has 1 aliphatic carbocycles. The number of alkyl halides is 3. The molecule has 158 valence electrons. The van der Waals surface area contributed by atoms with E-state index in [4.69, 9.17) is 4.74 Å². The predicted octanol–water partition coefficient (Wildman–Crippen LogP) is 7.06. The number of rotatable bonds is 8. The van der Waals surface area contributed by atoms with Crippen LogP contribution in [-0.4, -0.2) is 5.97 Å². The number of ether oxygens (including phenoxy) is 1. The van der Waals surface area contributed by atoms with Crippen LogP contribution >= 0.6 is 0 Å². The summed E-state index contributed by atoms with van der Waals surface area (Å²) >= 11 is 0. The Bertz CT molecular complexity index is 626. The van der Waals surface area contributed by atoms with Crippen LogP contribution in [0.3, 0.4) is 0 Å². The summed E-state index contributed by atoms with van der Waals surface area (Å²) < 4.78 is 69.6. The summed E-state index contributed by atoms with van der Waals surface area (Å²) in [5, 5.41) is 0. The number of hydrogen-bond acceptors (Lipinski definition) is 2. The zero-order chi connectivity index (χ0) is 20.7. The van der Waals surface area contributed by atoms with E-state index < -0.39 is 35.1 Å². The zero-order valence-corrected chi connectivity index (χ0v) is 16.1. The van der Waals surface area contributed by atoms with Gasteiger partial charge in [-0.05, 0) is 18.3 Å². The molecule has 0 radical (unpaired) electrons. The Labute approximate surface area is 162 Å². The van der Waals surface area contributed by atoms with Crippen molar-refractivity contribution < 1.29 is 31.5 Å². The molecule has 0 unspecified atom stereocenters. The van der Waals surface area contributed by atoms with Crippen LogP contribution in [0.25, 0.3) is 0 Å². The van der Waals surface area contributed by atoms with Crippen LogP contribution in [0.15, 0.2) is 12.1 Å². The molecule has 0 N–H and O–H groups in total. The van der Waals surface area contributed by atoms with Crippen LogP contribution in [-0.2, 0) is 11.0 Å². The summed E-state index contributed by atoms with van der Waals surface area (Å²) in [5.41, 5.74) is -1.98. The number of unbranched alkanes of at least 4 members (excludes halogenated alkanes) is 2. The second kappa shape index (κ2) is 10.2. The fourth-order valence-electron chi connectivity index (χ4n) is 3.88. The Morgan fingerprint density at radius 2 is 1.54 bits per heavy atom. The molecule has 2 rings (SSSR count). The average molecular weight is 406 g/mol. The molecular weight excluding hydrogens is 379 g/mol. The number of carbonyl (C=O) groups excluding carboxylic acids is 1. The molecule has 0 heterocycles. The second-order valence-electron chi connectivity index (χ2n) is 7.65. The topological polar surface area (TPSA) is 26.3 Å². The highest BCUT2D eigenvalue weighted by atomic mass is 19.4. The van der Waals surface area contributed by atoms with Gasteiger partial charge in [0.2, 0.25) is 0 Å². The van der Waals surface area contributed by atoms with Crippen molar-refractivity contribution in [3.05, 3.63) is 29.3 Å². The van der Waals surface area contributed by atoms with E-state index >= 15 is 0 Å². The van der Waals surface area contributed by atoms with Gasteiger partial charge < -0.3 is 4.74 Å². The summed E-state index contributed by atoms with van der Waals surface area (Å²) in [7, 11) is 0. The van der Waals surface area contributed by atoms with Crippen molar-refractivity contribution >= 4 is 5.97 Å². The van der Waals surface area contributed by atoms with E-state index in [-0.39, 0.29) is 6.42 Å². The minimum Gasteiger partial charge on any atom is -0.426 e. The monoisotopic (exact) mass is 406 g/mol. The van der Waals surface area contributed by atoms with Crippen molar-refractivity contribution in [3.63, 3.8) is 0 Å². The van der Waals surface area contributed by atoms with Crippen molar-refractivity contribution in [1.82, 2.24) is 0 Å². The molecule has 1 aromatic carbocycles. The Balaban J connectivity index is 1.78. The van der Waals surface area contributed by atoms with Crippen molar-refractivity contribution in [2.45, 2.75) is 77.3 Å². The highest BCUT2D eigenvalue weighted by molar-refractivity contribution is 5.72. The fourth-order valence-corrected chi connectivity index (χ4v) is 3.88. The van der Waals surface area contributed by atoms with Crippen LogP contribution in [0.2, 0.25) is 0 Å². The quantitative estimate of drug-likeness (QED) is 0.200. The minimum absolute atomic E-state index is 0.0788. The SMILES string of the molecule is CCCCC[C@H]1CC[C@H](CCC(=O)Oc2cc(F)c(C(F)(F)F)c(F)c2)CC1. The number of benzene rings is 1. The summed E-state index contributed by atoms with van der Waals surface area (Å²) in [6.45, 7) is 2.18. The van der Waals surface area contributed by atoms with Gasteiger partial charge in [-0.2, -0.15) is 13.2 Å². The maximum Gasteiger partial charge on any atom is 0.422 e. The van der Waals surface area contributed by atoms with E-state index in [1.807, 2.05) is 0 Å². The number of esters is 1. The van der Waals surface area contributed by atoms with Gasteiger partial charge in [0.1, 0.15) is 22.9 Å². The van der Waals surface area contributed by atoms with Gasteiger partial charge in [-0.1, -0.05) is 58.3 Å². The van der Waals surface area contributed by atoms with Crippen LogP contribution < -0.4 is 4.74 Å². The van der Waals surface area contributed by atoms with Gasteiger partial charge in [-0.3, -0.25) is 4.79 Å². The van der Waals surface area contributed by atoms with Gasteiger partial charge >= 0.3 is 12.1 Å². The molecule has 0 spiro atoms. The Morgan fingerprint density at radius 1 is 1.00 bits per heavy atom. The van der Waals surface area contributed by atoms with Gasteiger partial charge in [-0.15, -0.1) is 0 Å². The fraction of sp³-hybridized carbons (Fsp3) is 0.667. The van der Waals surface area contributed by atoms with Crippen LogP contribution in [0.5, 0.6) is 5.75 Å². The summed E-state index contributed by atoms with van der Waals surface area (Å²) in [6, 6.07) is 0.788. The standard InChI is InChI=1S/C21H27F5O2/c1-2-3-4-5-14-6-8-15(9-7-14)10-11-19(27)28-16-12-17(22)20(18(23)13-16)21(24,25)26/h12-15H,2-11H2,1H3/t14-,15-. The lowest BCUT2D eigenvalue weighted by Crippen LogP contribution is -2.17. The van der Waals surface area contributed by atoms with E-state index in [2.05, 4.69) is 6.92 Å². The molecular formula is C21H27F5O2. The normalized spacial score (nSPS) is 20.2. The molecule has 1 fully saturated rings. The molecule has 1 aromatic rings. The Morgan fingerprint density at radius 3 is 2.04 bits per heavy atom. The van der Waals surface area contributed by atoms with E-state index in [1.54, 1.807) is 0 Å². The van der Waals surface area contributed by atoms with Crippen molar-refractivity contribution in [3.8, 4) is 5.75 Å². The van der Waals surface area contributed by atoms with E-state index in [0.717, 1.165) is 31.6 Å². The summed E-state index contributed by atoms with van der Waals surface area (Å²) in [6.07, 6.45) is 4.94. The summed E-state index contributed by atoms with van der Waals surface area (Å²) in [5.74, 6) is -3.66. The molecule has 7 heteroatoms. The first kappa shape index (κ1) is 22.6. The van der Waals surface area contributed by atoms with Crippen molar-refractivity contribution in [1.29, 1.82) is 0 Å². The Kier molecular flexibility index (Phi) is 8.25.